The molecule has 1 aromatic rings. The maximum atomic E-state index is 12.2. The maximum absolute atomic E-state index is 12.2. The summed E-state index contributed by atoms with van der Waals surface area (Å²) in [6.07, 6.45) is 1.54. The number of methoxy groups -OCH3 is 1. The van der Waals surface area contributed by atoms with Gasteiger partial charge in [-0.2, -0.15) is 5.10 Å². The number of aromatic nitrogens is 2. The highest BCUT2D eigenvalue weighted by Crippen LogP contribution is 2.01. The van der Waals surface area contributed by atoms with E-state index in [0.717, 1.165) is 6.42 Å². The van der Waals surface area contributed by atoms with Crippen molar-refractivity contribution in [3.05, 3.63) is 28.2 Å². The lowest BCUT2D eigenvalue weighted by Crippen LogP contribution is -2.32. The predicted octanol–water partition coefficient (Wildman–Crippen LogP) is 0.679. The Morgan fingerprint density at radius 1 is 1.38 bits per heavy atom. The van der Waals surface area contributed by atoms with Gasteiger partial charge < -0.3 is 9.64 Å². The zero-order chi connectivity index (χ0) is 15.8. The molecule has 116 valence electrons. The monoisotopic (exact) mass is 295 g/mol. The first-order valence-corrected chi connectivity index (χ1v) is 6.90. The van der Waals surface area contributed by atoms with E-state index in [1.807, 2.05) is 6.92 Å². The first kappa shape index (κ1) is 16.9. The fraction of sp³-hybridized carbons (Fsp3) is 0.571. The van der Waals surface area contributed by atoms with Crippen molar-refractivity contribution in [1.82, 2.24) is 14.7 Å². The number of esters is 1. The minimum absolute atomic E-state index is 0.221. The van der Waals surface area contributed by atoms with Crippen LogP contribution in [-0.2, 0) is 16.1 Å². The molecule has 0 bridgehead atoms. The summed E-state index contributed by atoms with van der Waals surface area (Å²) in [4.78, 5) is 36.2. The third-order valence-corrected chi connectivity index (χ3v) is 2.97. The maximum Gasteiger partial charge on any atom is 0.305 e. The minimum Gasteiger partial charge on any atom is -0.469 e. The van der Waals surface area contributed by atoms with Crippen LogP contribution in [0.15, 0.2) is 16.9 Å². The smallest absolute Gasteiger partial charge is 0.305 e. The molecule has 0 aliphatic carbocycles. The minimum atomic E-state index is -0.300. The average molecular weight is 295 g/mol. The molecule has 7 heteroatoms. The molecule has 1 heterocycles. The number of ether oxygens (including phenoxy) is 1. The number of aryl methyl sites for hydroxylation is 1. The molecular formula is C14H21N3O4. The summed E-state index contributed by atoms with van der Waals surface area (Å²) >= 11 is 0. The molecule has 7 nitrogen and oxygen atoms in total. The largest absolute Gasteiger partial charge is 0.469 e. The number of hydrogen-bond acceptors (Lipinski definition) is 5. The van der Waals surface area contributed by atoms with Gasteiger partial charge in [-0.1, -0.05) is 6.92 Å². The van der Waals surface area contributed by atoms with E-state index in [-0.39, 0.29) is 29.6 Å². The molecule has 0 N–H and O–H groups in total. The lowest BCUT2D eigenvalue weighted by atomic mass is 10.2. The molecule has 1 amide bonds. The molecule has 0 radical (unpaired) electrons. The van der Waals surface area contributed by atoms with E-state index in [4.69, 9.17) is 0 Å². The molecule has 0 spiro atoms. The van der Waals surface area contributed by atoms with Crippen molar-refractivity contribution in [1.29, 1.82) is 0 Å². The Hall–Kier alpha value is -2.18. The quantitative estimate of drug-likeness (QED) is 0.691. The second kappa shape index (κ2) is 8.18. The van der Waals surface area contributed by atoms with Gasteiger partial charge in [0.1, 0.15) is 5.69 Å². The third kappa shape index (κ3) is 5.02. The van der Waals surface area contributed by atoms with Crippen molar-refractivity contribution in [2.24, 2.45) is 0 Å². The molecule has 0 saturated heterocycles. The Morgan fingerprint density at radius 3 is 2.71 bits per heavy atom. The van der Waals surface area contributed by atoms with Crippen LogP contribution >= 0.6 is 0 Å². The van der Waals surface area contributed by atoms with Gasteiger partial charge in [-0.15, -0.1) is 0 Å². The van der Waals surface area contributed by atoms with Crippen LogP contribution in [-0.4, -0.2) is 47.3 Å². The van der Waals surface area contributed by atoms with Gasteiger partial charge in [0.25, 0.3) is 11.5 Å². The van der Waals surface area contributed by atoms with E-state index >= 15 is 0 Å². The van der Waals surface area contributed by atoms with Gasteiger partial charge in [0.2, 0.25) is 0 Å². The second-order valence-corrected chi connectivity index (χ2v) is 4.69. The highest BCUT2D eigenvalue weighted by Gasteiger charge is 2.14. The van der Waals surface area contributed by atoms with Crippen LogP contribution in [0.4, 0.5) is 0 Å². The van der Waals surface area contributed by atoms with Crippen LogP contribution in [0.25, 0.3) is 0 Å². The summed E-state index contributed by atoms with van der Waals surface area (Å²) in [5, 5.41) is 4.06. The van der Waals surface area contributed by atoms with E-state index in [9.17, 15) is 14.4 Å². The fourth-order valence-corrected chi connectivity index (χ4v) is 1.79. The van der Waals surface area contributed by atoms with Crippen molar-refractivity contribution in [3.8, 4) is 0 Å². The zero-order valence-electron chi connectivity index (χ0n) is 12.7. The summed E-state index contributed by atoms with van der Waals surface area (Å²) in [6, 6.07) is 2.77. The summed E-state index contributed by atoms with van der Waals surface area (Å²) < 4.78 is 5.83. The Bertz CT molecular complexity index is 553. The second-order valence-electron chi connectivity index (χ2n) is 4.69. The van der Waals surface area contributed by atoms with Crippen LogP contribution in [0.1, 0.15) is 36.7 Å². The van der Waals surface area contributed by atoms with Gasteiger partial charge >= 0.3 is 5.97 Å². The molecule has 0 aliphatic heterocycles. The Labute approximate surface area is 123 Å². The fourth-order valence-electron chi connectivity index (χ4n) is 1.79. The zero-order valence-corrected chi connectivity index (χ0v) is 12.7. The van der Waals surface area contributed by atoms with Crippen LogP contribution in [0.2, 0.25) is 0 Å². The molecule has 0 aromatic carbocycles. The first-order valence-electron chi connectivity index (χ1n) is 6.90. The molecule has 0 unspecified atom stereocenters. The summed E-state index contributed by atoms with van der Waals surface area (Å²) in [7, 11) is 2.97. The van der Waals surface area contributed by atoms with Gasteiger partial charge in [0, 0.05) is 32.6 Å². The summed E-state index contributed by atoms with van der Waals surface area (Å²) in [6.45, 7) is 2.83. The molecule has 0 saturated carbocycles. The van der Waals surface area contributed by atoms with E-state index in [0.29, 0.717) is 19.5 Å². The van der Waals surface area contributed by atoms with E-state index < -0.39 is 0 Å². The van der Waals surface area contributed by atoms with Crippen LogP contribution in [0, 0.1) is 0 Å². The van der Waals surface area contributed by atoms with Crippen molar-refractivity contribution >= 4 is 11.9 Å². The Balaban J connectivity index is 2.67. The Morgan fingerprint density at radius 2 is 2.10 bits per heavy atom. The standard InChI is InChI=1S/C14H21N3O4/c1-4-9-17-12(18)8-7-11(15-17)14(20)16(2)10-5-6-13(19)21-3/h7-8H,4-6,9-10H2,1-3H3. The number of nitrogens with zero attached hydrogens (tertiary/aromatic N) is 3. The predicted molar refractivity (Wildman–Crippen MR) is 77.0 cm³/mol. The summed E-state index contributed by atoms with van der Waals surface area (Å²) in [5.41, 5.74) is 0.00497. The van der Waals surface area contributed by atoms with Crippen molar-refractivity contribution < 1.29 is 14.3 Å². The normalized spacial score (nSPS) is 10.2. The lowest BCUT2D eigenvalue weighted by molar-refractivity contribution is -0.140. The van der Waals surface area contributed by atoms with Crippen molar-refractivity contribution in [2.45, 2.75) is 32.7 Å². The van der Waals surface area contributed by atoms with Crippen LogP contribution in [0.3, 0.4) is 0 Å². The molecule has 21 heavy (non-hydrogen) atoms. The van der Waals surface area contributed by atoms with Crippen molar-refractivity contribution in [3.63, 3.8) is 0 Å². The highest BCUT2D eigenvalue weighted by atomic mass is 16.5. The topological polar surface area (TPSA) is 81.5 Å². The van der Waals surface area contributed by atoms with E-state index in [2.05, 4.69) is 9.84 Å². The summed E-state index contributed by atoms with van der Waals surface area (Å²) in [5.74, 6) is -0.574. The number of rotatable bonds is 7. The van der Waals surface area contributed by atoms with Gasteiger partial charge in [-0.05, 0) is 18.9 Å². The third-order valence-electron chi connectivity index (χ3n) is 2.97. The SMILES string of the molecule is CCCn1nc(C(=O)N(C)CCCC(=O)OC)ccc1=O. The number of carbonyl (C=O) groups is 2. The number of hydrogen-bond donors (Lipinski definition) is 0. The van der Waals surface area contributed by atoms with Gasteiger partial charge in [0.05, 0.1) is 7.11 Å². The van der Waals surface area contributed by atoms with Crippen molar-refractivity contribution in [2.75, 3.05) is 20.7 Å². The molecular weight excluding hydrogens is 274 g/mol. The van der Waals surface area contributed by atoms with Gasteiger partial charge in [-0.3, -0.25) is 14.4 Å². The number of carbonyl (C=O) groups excluding carboxylic acids is 2. The highest BCUT2D eigenvalue weighted by molar-refractivity contribution is 5.91. The first-order chi connectivity index (χ1) is 9.99. The molecule has 0 atom stereocenters. The molecule has 0 aliphatic rings. The Kier molecular flexibility index (Phi) is 6.58. The molecule has 1 rings (SSSR count). The van der Waals surface area contributed by atoms with Gasteiger partial charge in [-0.25, -0.2) is 4.68 Å². The lowest BCUT2D eigenvalue weighted by Gasteiger charge is -2.16. The van der Waals surface area contributed by atoms with E-state index in [1.165, 1.54) is 28.8 Å². The van der Waals surface area contributed by atoms with Crippen LogP contribution in [0.5, 0.6) is 0 Å². The molecule has 1 aromatic heterocycles. The number of amides is 1. The van der Waals surface area contributed by atoms with Gasteiger partial charge in [0.15, 0.2) is 0 Å². The average Bonchev–Trinajstić information content (AvgIpc) is 2.48. The molecule has 0 fully saturated rings. The van der Waals surface area contributed by atoms with E-state index in [1.54, 1.807) is 7.05 Å². The van der Waals surface area contributed by atoms with Crippen LogP contribution < -0.4 is 5.56 Å².